The molecule has 1 saturated heterocycles. The molecule has 0 radical (unpaired) electrons. The predicted octanol–water partition coefficient (Wildman–Crippen LogP) is 4.30. The monoisotopic (exact) mass is 588 g/mol. The topological polar surface area (TPSA) is 99.9 Å². The summed E-state index contributed by atoms with van der Waals surface area (Å²) in [6.45, 7) is 3.53. The number of hydrogen-bond acceptors (Lipinski definition) is 6. The molecule has 218 valence electrons. The third kappa shape index (κ3) is 4.64. The number of carbonyl (C=O) groups excluding carboxylic acids is 1. The molecular weight excluding hydrogens is 555 g/mol. The van der Waals surface area contributed by atoms with E-state index >= 15 is 4.39 Å². The second kappa shape index (κ2) is 10.2. The lowest BCUT2D eigenvalue weighted by Gasteiger charge is -2.35. The molecule has 1 aliphatic carbocycles. The second-order valence-electron chi connectivity index (χ2n) is 11.5. The quantitative estimate of drug-likeness (QED) is 0.361. The number of rotatable bonds is 6. The molecule has 11 heteroatoms. The Morgan fingerprint density at radius 2 is 1.86 bits per heavy atom. The number of benzene rings is 2. The highest BCUT2D eigenvalue weighted by Crippen LogP contribution is 2.41. The Balaban J connectivity index is 1.19. The Morgan fingerprint density at radius 3 is 2.62 bits per heavy atom. The van der Waals surface area contributed by atoms with Crippen molar-refractivity contribution in [3.8, 4) is 11.3 Å². The van der Waals surface area contributed by atoms with Gasteiger partial charge in [0.1, 0.15) is 11.5 Å². The first-order chi connectivity index (χ1) is 20.2. The van der Waals surface area contributed by atoms with E-state index in [1.165, 1.54) is 24.2 Å². The maximum absolute atomic E-state index is 15.5. The maximum atomic E-state index is 15.5. The molecule has 9 nitrogen and oxygen atoms in total. The Labute approximate surface area is 244 Å². The third-order valence-corrected chi connectivity index (χ3v) is 10.8. The summed E-state index contributed by atoms with van der Waals surface area (Å²) < 4.78 is 44.1. The summed E-state index contributed by atoms with van der Waals surface area (Å²) in [6, 6.07) is 16.7. The van der Waals surface area contributed by atoms with E-state index in [-0.39, 0.29) is 11.9 Å². The van der Waals surface area contributed by atoms with Gasteiger partial charge in [-0.2, -0.15) is 5.10 Å². The van der Waals surface area contributed by atoms with Gasteiger partial charge in [-0.25, -0.2) is 27.0 Å². The van der Waals surface area contributed by atoms with Gasteiger partial charge >= 0.3 is 0 Å². The molecule has 4 heterocycles. The smallest absolute Gasteiger partial charge is 0.273 e. The molecule has 1 amide bonds. The zero-order valence-corrected chi connectivity index (χ0v) is 24.4. The summed E-state index contributed by atoms with van der Waals surface area (Å²) in [5, 5.41) is 4.20. The Hall–Kier alpha value is -3.83. The molecule has 2 atom stereocenters. The van der Waals surface area contributed by atoms with Crippen molar-refractivity contribution in [1.82, 2.24) is 24.2 Å². The van der Waals surface area contributed by atoms with Gasteiger partial charge in [0.25, 0.3) is 5.91 Å². The van der Waals surface area contributed by atoms with E-state index in [1.807, 2.05) is 28.0 Å². The van der Waals surface area contributed by atoms with Crippen molar-refractivity contribution in [2.24, 2.45) is 0 Å². The van der Waals surface area contributed by atoms with Crippen LogP contribution in [0.4, 0.5) is 10.1 Å². The zero-order chi connectivity index (χ0) is 29.2. The first-order valence-corrected chi connectivity index (χ1v) is 16.0. The average molecular weight is 589 g/mol. The summed E-state index contributed by atoms with van der Waals surface area (Å²) in [7, 11) is -1.97. The molecule has 0 spiro atoms. The van der Waals surface area contributed by atoms with E-state index in [1.54, 1.807) is 22.7 Å². The summed E-state index contributed by atoms with van der Waals surface area (Å²) >= 11 is 0. The summed E-state index contributed by atoms with van der Waals surface area (Å²) in [5.74, 6) is -0.261. The number of aromatic nitrogens is 3. The molecule has 2 aromatic heterocycles. The number of nitrogens with one attached hydrogen (secondary N) is 1. The van der Waals surface area contributed by atoms with E-state index < -0.39 is 21.1 Å². The van der Waals surface area contributed by atoms with Crippen LogP contribution in [-0.2, 0) is 16.4 Å². The van der Waals surface area contributed by atoms with E-state index in [0.717, 1.165) is 25.0 Å². The van der Waals surface area contributed by atoms with Crippen LogP contribution >= 0.6 is 0 Å². The molecule has 1 unspecified atom stereocenters. The normalized spacial score (nSPS) is 20.7. The lowest BCUT2D eigenvalue weighted by atomic mass is 9.93. The van der Waals surface area contributed by atoms with Crippen molar-refractivity contribution >= 4 is 27.3 Å². The van der Waals surface area contributed by atoms with Gasteiger partial charge in [-0.3, -0.25) is 4.79 Å². The molecule has 0 bridgehead atoms. The molecule has 3 aliphatic rings. The van der Waals surface area contributed by atoms with Gasteiger partial charge in [-0.15, -0.1) is 0 Å². The molecule has 42 heavy (non-hydrogen) atoms. The molecule has 1 saturated carbocycles. The molecule has 2 aromatic carbocycles. The van der Waals surface area contributed by atoms with Gasteiger partial charge < -0.3 is 9.80 Å². The number of nitrogens with zero attached hydrogens (tertiary/aromatic N) is 5. The number of fused-ring (bicyclic) bond motifs is 2. The fourth-order valence-corrected chi connectivity index (χ4v) is 7.52. The number of hydrogen-bond donors (Lipinski definition) is 1. The lowest BCUT2D eigenvalue weighted by molar-refractivity contribution is 0.0671. The average Bonchev–Trinajstić information content (AvgIpc) is 3.54. The minimum Gasteiger partial charge on any atom is -0.370 e. The number of amides is 1. The van der Waals surface area contributed by atoms with Crippen molar-refractivity contribution in [3.63, 3.8) is 0 Å². The molecule has 2 aliphatic heterocycles. The number of sulfonamides is 1. The van der Waals surface area contributed by atoms with Crippen molar-refractivity contribution in [2.75, 3.05) is 31.6 Å². The van der Waals surface area contributed by atoms with Crippen molar-refractivity contribution in [3.05, 3.63) is 82.9 Å². The minimum absolute atomic E-state index is 0.0536. The molecular formula is C31H33FN6O3S. The summed E-state index contributed by atoms with van der Waals surface area (Å²) in [5.41, 5.74) is 5.68. The van der Waals surface area contributed by atoms with Crippen LogP contribution in [-0.4, -0.2) is 65.8 Å². The Kier molecular flexibility index (Phi) is 6.54. The number of halogens is 1. The highest BCUT2D eigenvalue weighted by atomic mass is 32.2. The predicted molar refractivity (Wildman–Crippen MR) is 159 cm³/mol. The summed E-state index contributed by atoms with van der Waals surface area (Å²) in [4.78, 5) is 22.3. The van der Waals surface area contributed by atoms with E-state index in [9.17, 15) is 13.2 Å². The van der Waals surface area contributed by atoms with Crippen molar-refractivity contribution in [1.29, 1.82) is 0 Å². The van der Waals surface area contributed by atoms with Gasteiger partial charge in [-0.1, -0.05) is 24.3 Å². The van der Waals surface area contributed by atoms with E-state index in [2.05, 4.69) is 23.8 Å². The fraction of sp³-hybridized carbons (Fsp3) is 0.387. The van der Waals surface area contributed by atoms with Crippen LogP contribution in [0.2, 0.25) is 0 Å². The largest absolute Gasteiger partial charge is 0.370 e. The van der Waals surface area contributed by atoms with E-state index in [0.29, 0.717) is 60.3 Å². The minimum atomic E-state index is -3.39. The van der Waals surface area contributed by atoms with Crippen LogP contribution in [0.15, 0.2) is 54.6 Å². The highest BCUT2D eigenvalue weighted by molar-refractivity contribution is 7.90. The number of carbonyl (C=O) groups is 1. The van der Waals surface area contributed by atoms with E-state index in [4.69, 9.17) is 10.1 Å². The molecule has 2 fully saturated rings. The third-order valence-electron chi connectivity index (χ3n) is 8.99. The van der Waals surface area contributed by atoms with Gasteiger partial charge in [-0.05, 0) is 75.0 Å². The van der Waals surface area contributed by atoms with Crippen LogP contribution in [0.1, 0.15) is 65.5 Å². The SMILES string of the molecule is CNS(=O)(=O)C1CCN(c2ccc(-c3cc4nc(C(=O)N5CCc6ccccc6[C@H]5C)cc(C5CC5)n4n3)c(F)c2)C1. The zero-order valence-electron chi connectivity index (χ0n) is 23.6. The highest BCUT2D eigenvalue weighted by Gasteiger charge is 2.34. The van der Waals surface area contributed by atoms with Gasteiger partial charge in [0.2, 0.25) is 10.0 Å². The summed E-state index contributed by atoms with van der Waals surface area (Å²) in [6.07, 6.45) is 3.31. The fourth-order valence-electron chi connectivity index (χ4n) is 6.40. The standard InChI is InChI=1S/C31H33FN6O3S/c1-19-24-6-4-3-5-20(24)11-14-37(19)31(39)28-16-29(21-7-8-21)38-30(34-28)17-27(35-38)25-10-9-22(15-26(25)32)36-13-12-23(18-36)42(40,41)33-2/h3-6,9-10,15-17,19,21,23,33H,7-8,11-14,18H2,1-2H3/t19-,23?/m1/s1. The van der Waals surface area contributed by atoms with Crippen LogP contribution in [0.25, 0.3) is 16.9 Å². The van der Waals surface area contributed by atoms with Crippen LogP contribution in [0.5, 0.6) is 0 Å². The number of anilines is 1. The molecule has 4 aromatic rings. The van der Waals surface area contributed by atoms with Gasteiger partial charge in [0.15, 0.2) is 5.65 Å². The van der Waals surface area contributed by atoms with Crippen LogP contribution < -0.4 is 9.62 Å². The van der Waals surface area contributed by atoms with Crippen molar-refractivity contribution < 1.29 is 17.6 Å². The van der Waals surface area contributed by atoms with Crippen LogP contribution in [0, 0.1) is 5.82 Å². The van der Waals surface area contributed by atoms with Crippen molar-refractivity contribution in [2.45, 2.75) is 49.8 Å². The second-order valence-corrected chi connectivity index (χ2v) is 13.7. The Bertz CT molecular complexity index is 1820. The Morgan fingerprint density at radius 1 is 1.05 bits per heavy atom. The van der Waals surface area contributed by atoms with Gasteiger partial charge in [0, 0.05) is 48.6 Å². The van der Waals surface area contributed by atoms with Crippen LogP contribution in [0.3, 0.4) is 0 Å². The lowest BCUT2D eigenvalue weighted by Crippen LogP contribution is -2.39. The first-order valence-electron chi connectivity index (χ1n) is 14.5. The maximum Gasteiger partial charge on any atom is 0.273 e. The first kappa shape index (κ1) is 27.0. The van der Waals surface area contributed by atoms with Gasteiger partial charge in [0.05, 0.1) is 17.0 Å². The molecule has 7 rings (SSSR count). The molecule has 1 N–H and O–H groups in total.